The summed E-state index contributed by atoms with van der Waals surface area (Å²) >= 11 is 0. The number of sulfonamides is 1. The van der Waals surface area contributed by atoms with E-state index >= 15 is 0 Å². The quantitative estimate of drug-likeness (QED) is 0.815. The summed E-state index contributed by atoms with van der Waals surface area (Å²) in [5.74, 6) is 4.78. The Labute approximate surface area is 126 Å². The van der Waals surface area contributed by atoms with Gasteiger partial charge in [0.15, 0.2) is 0 Å². The van der Waals surface area contributed by atoms with Gasteiger partial charge in [-0.1, -0.05) is 32.6 Å². The molecule has 0 saturated carbocycles. The number of nitrogens with two attached hydrogens (primary N) is 1. The van der Waals surface area contributed by atoms with Gasteiger partial charge in [0.25, 0.3) is 0 Å². The van der Waals surface area contributed by atoms with Crippen LogP contribution in [0.5, 0.6) is 0 Å². The maximum Gasteiger partial charge on any atom is 0.242 e. The highest BCUT2D eigenvalue weighted by Crippen LogP contribution is 2.18. The zero-order valence-electron chi connectivity index (χ0n) is 12.5. The molecule has 0 aliphatic rings. The van der Waals surface area contributed by atoms with E-state index in [1.807, 2.05) is 20.8 Å². The Morgan fingerprint density at radius 1 is 1.38 bits per heavy atom. The van der Waals surface area contributed by atoms with Crippen LogP contribution in [0.25, 0.3) is 0 Å². The summed E-state index contributed by atoms with van der Waals surface area (Å²) < 4.78 is 40.9. The smallest absolute Gasteiger partial charge is 0.242 e. The molecule has 0 radical (unpaired) electrons. The third-order valence-corrected chi connectivity index (χ3v) is 4.66. The van der Waals surface area contributed by atoms with Gasteiger partial charge in [-0.2, -0.15) is 0 Å². The summed E-state index contributed by atoms with van der Waals surface area (Å²) in [6, 6.07) is 3.26. The molecule has 0 fully saturated rings. The Bertz CT molecular complexity index is 645. The van der Waals surface area contributed by atoms with E-state index in [0.717, 1.165) is 12.1 Å². The van der Waals surface area contributed by atoms with Crippen molar-refractivity contribution in [2.45, 2.75) is 38.1 Å². The SMILES string of the molecule is CCC(NS(=O)(=O)c1ccc(F)cc1C#CCN)C(C)C. The standard InChI is InChI=1S/C15H21FN2O2S/c1-4-14(11(2)3)18-21(19,20)15-8-7-13(16)10-12(15)6-5-9-17/h7-8,10-11,14,18H,4,9,17H2,1-3H3. The average molecular weight is 312 g/mol. The minimum absolute atomic E-state index is 0.0241. The zero-order valence-corrected chi connectivity index (χ0v) is 13.3. The maximum absolute atomic E-state index is 13.3. The molecular formula is C15H21FN2O2S. The van der Waals surface area contributed by atoms with Gasteiger partial charge in [0.1, 0.15) is 5.82 Å². The van der Waals surface area contributed by atoms with Crippen LogP contribution in [0, 0.1) is 23.6 Å². The Hall–Kier alpha value is -1.42. The monoisotopic (exact) mass is 312 g/mol. The lowest BCUT2D eigenvalue weighted by Gasteiger charge is -2.21. The van der Waals surface area contributed by atoms with E-state index in [1.54, 1.807) is 0 Å². The van der Waals surface area contributed by atoms with Crippen molar-refractivity contribution in [2.24, 2.45) is 11.7 Å². The van der Waals surface area contributed by atoms with Crippen molar-refractivity contribution in [3.63, 3.8) is 0 Å². The number of rotatable bonds is 5. The first-order chi connectivity index (χ1) is 9.81. The van der Waals surface area contributed by atoms with Gasteiger partial charge in [-0.25, -0.2) is 17.5 Å². The molecule has 0 spiro atoms. The van der Waals surface area contributed by atoms with Crippen LogP contribution in [0.4, 0.5) is 4.39 Å². The first-order valence-electron chi connectivity index (χ1n) is 6.82. The zero-order chi connectivity index (χ0) is 16.0. The van der Waals surface area contributed by atoms with Gasteiger partial charge >= 0.3 is 0 Å². The van der Waals surface area contributed by atoms with Gasteiger partial charge in [-0.15, -0.1) is 0 Å². The van der Waals surface area contributed by atoms with Gasteiger partial charge in [0.2, 0.25) is 10.0 Å². The van der Waals surface area contributed by atoms with Gasteiger partial charge in [-0.05, 0) is 30.5 Å². The minimum Gasteiger partial charge on any atom is -0.320 e. The lowest BCUT2D eigenvalue weighted by Crippen LogP contribution is -2.38. The molecule has 0 heterocycles. The van der Waals surface area contributed by atoms with E-state index in [-0.39, 0.29) is 29.0 Å². The lowest BCUT2D eigenvalue weighted by molar-refractivity contribution is 0.437. The van der Waals surface area contributed by atoms with Crippen LogP contribution in [-0.2, 0) is 10.0 Å². The second kappa shape index (κ2) is 7.55. The molecule has 0 amide bonds. The highest BCUT2D eigenvalue weighted by Gasteiger charge is 2.23. The predicted molar refractivity (Wildman–Crippen MR) is 81.6 cm³/mol. The summed E-state index contributed by atoms with van der Waals surface area (Å²) in [5, 5.41) is 0. The van der Waals surface area contributed by atoms with E-state index in [0.29, 0.717) is 6.42 Å². The Kier molecular flexibility index (Phi) is 6.34. The summed E-state index contributed by atoms with van der Waals surface area (Å²) in [7, 11) is -3.75. The summed E-state index contributed by atoms with van der Waals surface area (Å²) in [4.78, 5) is -0.0241. The molecule has 4 nitrogen and oxygen atoms in total. The van der Waals surface area contributed by atoms with Crippen molar-refractivity contribution < 1.29 is 12.8 Å². The molecule has 6 heteroatoms. The number of halogens is 1. The highest BCUT2D eigenvalue weighted by molar-refractivity contribution is 7.89. The van der Waals surface area contributed by atoms with E-state index < -0.39 is 15.8 Å². The van der Waals surface area contributed by atoms with Crippen molar-refractivity contribution in [2.75, 3.05) is 6.54 Å². The molecule has 1 unspecified atom stereocenters. The topological polar surface area (TPSA) is 72.2 Å². The minimum atomic E-state index is -3.75. The number of hydrogen-bond donors (Lipinski definition) is 2. The summed E-state index contributed by atoms with van der Waals surface area (Å²) in [6.45, 7) is 5.87. The van der Waals surface area contributed by atoms with Crippen molar-refractivity contribution in [3.8, 4) is 11.8 Å². The van der Waals surface area contributed by atoms with Crippen LogP contribution < -0.4 is 10.5 Å². The largest absolute Gasteiger partial charge is 0.320 e. The van der Waals surface area contributed by atoms with Gasteiger partial charge in [-0.3, -0.25) is 0 Å². The summed E-state index contributed by atoms with van der Waals surface area (Å²) in [5.41, 5.74) is 5.40. The Morgan fingerprint density at radius 3 is 2.57 bits per heavy atom. The molecule has 116 valence electrons. The molecule has 0 aliphatic carbocycles. The highest BCUT2D eigenvalue weighted by atomic mass is 32.2. The fourth-order valence-electron chi connectivity index (χ4n) is 1.93. The van der Waals surface area contributed by atoms with Crippen LogP contribution in [0.1, 0.15) is 32.8 Å². The van der Waals surface area contributed by atoms with Crippen LogP contribution in [0.2, 0.25) is 0 Å². The molecule has 0 bridgehead atoms. The second-order valence-electron chi connectivity index (χ2n) is 5.03. The van der Waals surface area contributed by atoms with Crippen LogP contribution in [0.15, 0.2) is 23.1 Å². The van der Waals surface area contributed by atoms with Gasteiger partial charge in [0.05, 0.1) is 11.4 Å². The van der Waals surface area contributed by atoms with E-state index in [9.17, 15) is 12.8 Å². The average Bonchev–Trinajstić information content (AvgIpc) is 2.42. The Morgan fingerprint density at radius 2 is 2.05 bits per heavy atom. The predicted octanol–water partition coefficient (Wildman–Crippen LogP) is 1.85. The third-order valence-electron chi connectivity index (χ3n) is 3.11. The van der Waals surface area contributed by atoms with E-state index in [2.05, 4.69) is 16.6 Å². The normalized spacial score (nSPS) is 12.9. The number of hydrogen-bond acceptors (Lipinski definition) is 3. The number of nitrogens with one attached hydrogen (secondary N) is 1. The first-order valence-corrected chi connectivity index (χ1v) is 8.31. The molecule has 3 N–H and O–H groups in total. The summed E-state index contributed by atoms with van der Waals surface area (Å²) in [6.07, 6.45) is 0.669. The second-order valence-corrected chi connectivity index (χ2v) is 6.71. The van der Waals surface area contributed by atoms with Crippen molar-refractivity contribution >= 4 is 10.0 Å². The third kappa shape index (κ3) is 4.81. The van der Waals surface area contributed by atoms with Crippen molar-refractivity contribution in [3.05, 3.63) is 29.6 Å². The first kappa shape index (κ1) is 17.6. The van der Waals surface area contributed by atoms with Crippen LogP contribution in [-0.4, -0.2) is 21.0 Å². The fraction of sp³-hybridized carbons (Fsp3) is 0.467. The van der Waals surface area contributed by atoms with Crippen molar-refractivity contribution in [1.82, 2.24) is 4.72 Å². The molecule has 1 atom stereocenters. The van der Waals surface area contributed by atoms with Crippen LogP contribution in [0.3, 0.4) is 0 Å². The molecule has 0 aliphatic heterocycles. The van der Waals surface area contributed by atoms with Gasteiger partial charge in [0, 0.05) is 11.6 Å². The molecule has 0 saturated heterocycles. The van der Waals surface area contributed by atoms with E-state index in [1.165, 1.54) is 6.07 Å². The molecule has 21 heavy (non-hydrogen) atoms. The molecule has 1 aromatic rings. The molecular weight excluding hydrogens is 291 g/mol. The van der Waals surface area contributed by atoms with E-state index in [4.69, 9.17) is 5.73 Å². The van der Waals surface area contributed by atoms with Crippen molar-refractivity contribution in [1.29, 1.82) is 0 Å². The fourth-order valence-corrected chi connectivity index (χ4v) is 3.55. The Balaban J connectivity index is 3.25. The molecule has 1 aromatic carbocycles. The van der Waals surface area contributed by atoms with Crippen LogP contribution >= 0.6 is 0 Å². The van der Waals surface area contributed by atoms with Gasteiger partial charge < -0.3 is 5.73 Å². The number of benzene rings is 1. The lowest BCUT2D eigenvalue weighted by atomic mass is 10.0. The molecule has 1 rings (SSSR count). The molecule has 0 aromatic heterocycles. The maximum atomic E-state index is 13.3.